The number of nitrogens with zero attached hydrogens (tertiary/aromatic N) is 3. The minimum absolute atomic E-state index is 0.108. The lowest BCUT2D eigenvalue weighted by atomic mass is 9.87. The number of rotatable bonds is 14. The Bertz CT molecular complexity index is 1480. The minimum atomic E-state index is -4.17. The molecule has 0 spiro atoms. The number of methoxy groups -OCH3 is 1. The number of anilines is 1. The summed E-state index contributed by atoms with van der Waals surface area (Å²) in [4.78, 5) is 45.0. The van der Waals surface area contributed by atoms with Crippen LogP contribution in [0, 0.1) is 5.92 Å². The second-order valence-corrected chi connectivity index (χ2v) is 12.8. The number of nitrogens with one attached hydrogen (secondary N) is 1. The third kappa shape index (κ3) is 7.77. The van der Waals surface area contributed by atoms with Gasteiger partial charge < -0.3 is 20.3 Å². The lowest BCUT2D eigenvalue weighted by Gasteiger charge is -2.22. The molecule has 1 aliphatic carbocycles. The first-order valence-electron chi connectivity index (χ1n) is 13.2. The molecule has 3 aromatic rings. The summed E-state index contributed by atoms with van der Waals surface area (Å²) >= 11 is 1.23. The molecule has 3 N–H and O–H groups in total. The van der Waals surface area contributed by atoms with Crippen molar-refractivity contribution in [3.63, 3.8) is 0 Å². The van der Waals surface area contributed by atoms with Crippen molar-refractivity contribution in [3.05, 3.63) is 42.0 Å². The van der Waals surface area contributed by atoms with Crippen molar-refractivity contribution in [3.8, 4) is 5.88 Å². The molecule has 1 aromatic carbocycles. The van der Waals surface area contributed by atoms with Crippen LogP contribution < -0.4 is 10.1 Å². The molecule has 2 aromatic heterocycles. The van der Waals surface area contributed by atoms with Crippen molar-refractivity contribution in [2.24, 2.45) is 5.92 Å². The Kier molecular flexibility index (Phi) is 9.89. The summed E-state index contributed by atoms with van der Waals surface area (Å²) in [6.45, 7) is -0.718. The Balaban J connectivity index is 1.57. The quantitative estimate of drug-likeness (QED) is 0.244. The third-order valence-electron chi connectivity index (χ3n) is 7.10. The van der Waals surface area contributed by atoms with Crippen LogP contribution in [0.1, 0.15) is 56.4 Å². The van der Waals surface area contributed by atoms with Crippen LogP contribution in [0.25, 0.3) is 10.3 Å². The van der Waals surface area contributed by atoms with E-state index in [4.69, 9.17) is 14.9 Å². The summed E-state index contributed by atoms with van der Waals surface area (Å²) in [5, 5.41) is 21.4. The predicted molar refractivity (Wildman–Crippen MR) is 152 cm³/mol. The van der Waals surface area contributed by atoms with Gasteiger partial charge in [-0.1, -0.05) is 49.2 Å². The normalized spacial score (nSPS) is 14.8. The van der Waals surface area contributed by atoms with E-state index in [0.29, 0.717) is 39.3 Å². The van der Waals surface area contributed by atoms with Crippen molar-refractivity contribution in [2.75, 3.05) is 25.5 Å². The van der Waals surface area contributed by atoms with Gasteiger partial charge in [-0.25, -0.2) is 18.4 Å². The van der Waals surface area contributed by atoms with Gasteiger partial charge in [-0.15, -0.1) is 0 Å². The van der Waals surface area contributed by atoms with Crippen LogP contribution in [0.15, 0.2) is 41.3 Å². The fraction of sp³-hybridized carbons (Fsp3) is 0.444. The Morgan fingerprint density at radius 3 is 2.24 bits per heavy atom. The summed E-state index contributed by atoms with van der Waals surface area (Å²) in [5.74, 6) is -2.41. The molecule has 1 aliphatic rings. The van der Waals surface area contributed by atoms with E-state index < -0.39 is 40.7 Å². The van der Waals surface area contributed by atoms with Crippen molar-refractivity contribution in [2.45, 2.75) is 55.8 Å². The summed E-state index contributed by atoms with van der Waals surface area (Å²) < 4.78 is 32.6. The van der Waals surface area contributed by atoms with E-state index in [-0.39, 0.29) is 23.9 Å². The molecule has 0 aliphatic heterocycles. The standard InChI is InChI=1S/C27H32N4O8S2/c1-39-22-11-10-21-26(29-22)40-27(28-21)30-25(36)20(16-17-4-2-3-5-17)18-6-8-19(9-7-18)41(37,38)31(14-12-23(32)33)15-13-24(34)35/h6-11,17,20H,2-5,12-16H2,1H3,(H,32,33)(H,34,35)(H,28,30,36)/t20-/m1/s1. The van der Waals surface area contributed by atoms with E-state index in [1.165, 1.54) is 30.6 Å². The second-order valence-electron chi connectivity index (χ2n) is 9.89. The van der Waals surface area contributed by atoms with Gasteiger partial charge in [0.25, 0.3) is 0 Å². The van der Waals surface area contributed by atoms with E-state index in [9.17, 15) is 22.8 Å². The SMILES string of the molecule is COc1ccc2nc(NC(=O)[C@H](CC3CCCC3)c3ccc(S(=O)(=O)N(CCC(=O)O)CCC(=O)O)cc3)sc2n1. The minimum Gasteiger partial charge on any atom is -0.481 e. The lowest BCUT2D eigenvalue weighted by Crippen LogP contribution is -2.35. The number of sulfonamides is 1. The molecule has 1 fully saturated rings. The first-order chi connectivity index (χ1) is 19.6. The summed E-state index contributed by atoms with van der Waals surface area (Å²) in [5.41, 5.74) is 1.26. The first-order valence-corrected chi connectivity index (χ1v) is 15.5. The largest absolute Gasteiger partial charge is 0.481 e. The Hall–Kier alpha value is -3.62. The van der Waals surface area contributed by atoms with E-state index in [1.807, 2.05) is 0 Å². The molecule has 1 amide bonds. The molecule has 2 heterocycles. The average molecular weight is 605 g/mol. The van der Waals surface area contributed by atoms with Gasteiger partial charge in [0.2, 0.25) is 21.8 Å². The van der Waals surface area contributed by atoms with Gasteiger partial charge in [0.1, 0.15) is 10.3 Å². The number of ether oxygens (including phenoxy) is 1. The highest BCUT2D eigenvalue weighted by Gasteiger charge is 2.29. The molecule has 1 atom stereocenters. The van der Waals surface area contributed by atoms with Crippen molar-refractivity contribution in [1.82, 2.24) is 14.3 Å². The zero-order valence-electron chi connectivity index (χ0n) is 22.5. The number of fused-ring (bicyclic) bond motifs is 1. The molecular formula is C27H32N4O8S2. The molecule has 14 heteroatoms. The van der Waals surface area contributed by atoms with Crippen molar-refractivity contribution >= 4 is 54.7 Å². The Morgan fingerprint density at radius 2 is 1.66 bits per heavy atom. The highest BCUT2D eigenvalue weighted by atomic mass is 32.2. The summed E-state index contributed by atoms with van der Waals surface area (Å²) in [7, 11) is -2.65. The van der Waals surface area contributed by atoms with Crippen LogP contribution in [0.3, 0.4) is 0 Å². The van der Waals surface area contributed by atoms with E-state index >= 15 is 0 Å². The zero-order valence-corrected chi connectivity index (χ0v) is 24.1. The van der Waals surface area contributed by atoms with Gasteiger partial charge >= 0.3 is 11.9 Å². The first kappa shape index (κ1) is 30.3. The highest BCUT2D eigenvalue weighted by molar-refractivity contribution is 7.89. The molecule has 12 nitrogen and oxygen atoms in total. The maximum Gasteiger partial charge on any atom is 0.304 e. The number of carboxylic acids is 2. The molecule has 1 saturated carbocycles. The monoisotopic (exact) mass is 604 g/mol. The Labute approximate surface area is 241 Å². The molecule has 0 radical (unpaired) electrons. The molecule has 0 unspecified atom stereocenters. The molecule has 0 saturated heterocycles. The number of carboxylic acid groups (broad SMARTS) is 2. The number of pyridine rings is 1. The van der Waals surface area contributed by atoms with E-state index in [1.54, 1.807) is 24.3 Å². The smallest absolute Gasteiger partial charge is 0.304 e. The average Bonchev–Trinajstić information content (AvgIpc) is 3.60. The van der Waals surface area contributed by atoms with Crippen LogP contribution in [-0.4, -0.2) is 70.9 Å². The molecular weight excluding hydrogens is 572 g/mol. The van der Waals surface area contributed by atoms with Gasteiger partial charge in [0.15, 0.2) is 5.13 Å². The lowest BCUT2D eigenvalue weighted by molar-refractivity contribution is -0.137. The maximum atomic E-state index is 13.6. The number of hydrogen-bond acceptors (Lipinski definition) is 9. The number of carbonyl (C=O) groups excluding carboxylic acids is 1. The molecule has 220 valence electrons. The van der Waals surface area contributed by atoms with Crippen LogP contribution >= 0.6 is 11.3 Å². The summed E-state index contributed by atoms with van der Waals surface area (Å²) in [6, 6.07) is 9.38. The fourth-order valence-corrected chi connectivity index (χ4v) is 7.22. The van der Waals surface area contributed by atoms with E-state index in [0.717, 1.165) is 30.0 Å². The number of hydrogen-bond donors (Lipinski definition) is 3. The van der Waals surface area contributed by atoms with Gasteiger partial charge in [-0.2, -0.15) is 4.31 Å². The van der Waals surface area contributed by atoms with Crippen molar-refractivity contribution < 1.29 is 37.8 Å². The predicted octanol–water partition coefficient (Wildman–Crippen LogP) is 3.94. The number of aliphatic carboxylic acids is 2. The molecule has 0 bridgehead atoms. The van der Waals surface area contributed by atoms with Gasteiger partial charge in [0.05, 0.1) is 30.8 Å². The third-order valence-corrected chi connectivity index (χ3v) is 9.89. The van der Waals surface area contributed by atoms with Crippen LogP contribution in [0.5, 0.6) is 5.88 Å². The fourth-order valence-electron chi connectivity index (χ4n) is 4.95. The number of aromatic nitrogens is 2. The Morgan fingerprint density at radius 1 is 1.02 bits per heavy atom. The number of thiazole rings is 1. The van der Waals surface area contributed by atoms with Gasteiger partial charge in [-0.05, 0) is 36.1 Å². The van der Waals surface area contributed by atoms with Crippen LogP contribution in [0.2, 0.25) is 0 Å². The number of amides is 1. The number of carbonyl (C=O) groups is 3. The second kappa shape index (κ2) is 13.4. The van der Waals surface area contributed by atoms with Crippen molar-refractivity contribution in [1.29, 1.82) is 0 Å². The van der Waals surface area contributed by atoms with Crippen LogP contribution in [-0.2, 0) is 24.4 Å². The molecule has 4 rings (SSSR count). The van der Waals surface area contributed by atoms with E-state index in [2.05, 4.69) is 15.3 Å². The van der Waals surface area contributed by atoms with Crippen LogP contribution in [0.4, 0.5) is 5.13 Å². The molecule has 41 heavy (non-hydrogen) atoms. The van der Waals surface area contributed by atoms with Gasteiger partial charge in [0, 0.05) is 19.2 Å². The number of benzene rings is 1. The highest BCUT2D eigenvalue weighted by Crippen LogP contribution is 2.36. The van der Waals surface area contributed by atoms with Gasteiger partial charge in [-0.3, -0.25) is 14.4 Å². The zero-order chi connectivity index (χ0) is 29.6. The topological polar surface area (TPSA) is 176 Å². The maximum absolute atomic E-state index is 13.6. The summed E-state index contributed by atoms with van der Waals surface area (Å²) in [6.07, 6.45) is 3.90.